The average Bonchev–Trinajstić information content (AvgIpc) is 2.86. The first-order valence-corrected chi connectivity index (χ1v) is 6.90. The van der Waals surface area contributed by atoms with Crippen molar-refractivity contribution in [3.63, 3.8) is 0 Å². The number of nitrogens with one attached hydrogen (secondary N) is 1. The Morgan fingerprint density at radius 2 is 2.16 bits per heavy atom. The fourth-order valence-corrected chi connectivity index (χ4v) is 2.69. The lowest BCUT2D eigenvalue weighted by atomic mass is 10.2. The summed E-state index contributed by atoms with van der Waals surface area (Å²) in [5, 5.41) is 4.14. The summed E-state index contributed by atoms with van der Waals surface area (Å²) in [5.74, 6) is -2.16. The molecule has 0 aliphatic heterocycles. The molecular weight excluding hydrogens is 338 g/mol. The molecule has 0 fully saturated rings. The number of thiophene rings is 1. The molecule has 0 aliphatic rings. The van der Waals surface area contributed by atoms with Gasteiger partial charge in [-0.15, -0.1) is 11.3 Å². The molecule has 0 bridgehead atoms. The van der Waals surface area contributed by atoms with Crippen LogP contribution in [0.3, 0.4) is 0 Å². The first-order chi connectivity index (χ1) is 8.99. The smallest absolute Gasteiger partial charge is 0.246 e. The molecular formula is C12H9BrF2N2OS. The molecule has 1 atom stereocenters. The predicted molar refractivity (Wildman–Crippen MR) is 73.9 cm³/mol. The normalized spacial score (nSPS) is 12.2. The Morgan fingerprint density at radius 1 is 1.42 bits per heavy atom. The summed E-state index contributed by atoms with van der Waals surface area (Å²) in [5.41, 5.74) is 5.62. The molecule has 3 N–H and O–H groups in total. The summed E-state index contributed by atoms with van der Waals surface area (Å²) in [6.07, 6.45) is 0. The molecule has 0 radical (unpaired) electrons. The average molecular weight is 347 g/mol. The zero-order valence-electron chi connectivity index (χ0n) is 9.49. The quantitative estimate of drug-likeness (QED) is 0.894. The van der Waals surface area contributed by atoms with Gasteiger partial charge in [-0.25, -0.2) is 8.78 Å². The van der Waals surface area contributed by atoms with Crippen molar-refractivity contribution < 1.29 is 13.6 Å². The first-order valence-electron chi connectivity index (χ1n) is 5.23. The summed E-state index contributed by atoms with van der Waals surface area (Å²) < 4.78 is 26.6. The van der Waals surface area contributed by atoms with Crippen LogP contribution in [0.5, 0.6) is 0 Å². The van der Waals surface area contributed by atoms with Gasteiger partial charge in [-0.2, -0.15) is 0 Å². The topological polar surface area (TPSA) is 55.1 Å². The van der Waals surface area contributed by atoms with Gasteiger partial charge < -0.3 is 11.1 Å². The second kappa shape index (κ2) is 5.77. The van der Waals surface area contributed by atoms with Crippen LogP contribution in [-0.2, 0) is 4.79 Å². The largest absolute Gasteiger partial charge is 0.321 e. The van der Waals surface area contributed by atoms with Crippen molar-refractivity contribution in [2.24, 2.45) is 5.73 Å². The number of carbonyl (C=O) groups excluding carboxylic acids is 1. The second-order valence-electron chi connectivity index (χ2n) is 3.73. The Morgan fingerprint density at radius 3 is 2.74 bits per heavy atom. The molecule has 1 heterocycles. The zero-order chi connectivity index (χ0) is 14.0. The highest BCUT2D eigenvalue weighted by atomic mass is 79.9. The van der Waals surface area contributed by atoms with Crippen LogP contribution in [0.25, 0.3) is 0 Å². The Hall–Kier alpha value is -1.31. The van der Waals surface area contributed by atoms with Gasteiger partial charge in [0.1, 0.15) is 11.9 Å². The van der Waals surface area contributed by atoms with E-state index in [4.69, 9.17) is 5.73 Å². The highest BCUT2D eigenvalue weighted by Crippen LogP contribution is 2.28. The third-order valence-electron chi connectivity index (χ3n) is 2.39. The third kappa shape index (κ3) is 3.17. The maximum absolute atomic E-state index is 13.6. The molecule has 0 aliphatic carbocycles. The van der Waals surface area contributed by atoms with Gasteiger partial charge in [-0.3, -0.25) is 4.79 Å². The third-order valence-corrected chi connectivity index (χ3v) is 3.97. The number of hydrogen-bond donors (Lipinski definition) is 2. The van der Waals surface area contributed by atoms with Gasteiger partial charge in [-0.05, 0) is 33.4 Å². The molecule has 100 valence electrons. The first kappa shape index (κ1) is 14.1. The number of carbonyl (C=O) groups is 1. The molecule has 0 saturated heterocycles. The molecule has 1 aromatic heterocycles. The number of nitrogens with two attached hydrogens (primary N) is 1. The number of hydrogen-bond acceptors (Lipinski definition) is 3. The van der Waals surface area contributed by atoms with E-state index in [1.54, 1.807) is 17.5 Å². The number of benzene rings is 1. The summed E-state index contributed by atoms with van der Waals surface area (Å²) >= 11 is 4.32. The molecule has 7 heteroatoms. The van der Waals surface area contributed by atoms with Gasteiger partial charge in [0.05, 0.1) is 5.69 Å². The lowest BCUT2D eigenvalue weighted by Crippen LogP contribution is -2.27. The molecule has 0 saturated carbocycles. The van der Waals surface area contributed by atoms with Gasteiger partial charge >= 0.3 is 0 Å². The van der Waals surface area contributed by atoms with Gasteiger partial charge in [-0.1, -0.05) is 6.07 Å². The number of anilines is 1. The fourth-order valence-electron chi connectivity index (χ4n) is 1.46. The summed E-state index contributed by atoms with van der Waals surface area (Å²) in [7, 11) is 0. The van der Waals surface area contributed by atoms with E-state index in [1.807, 2.05) is 0 Å². The monoisotopic (exact) mass is 346 g/mol. The lowest BCUT2D eigenvalue weighted by Gasteiger charge is -2.12. The number of rotatable bonds is 3. The minimum Gasteiger partial charge on any atom is -0.321 e. The molecule has 19 heavy (non-hydrogen) atoms. The van der Waals surface area contributed by atoms with Gasteiger partial charge in [0.2, 0.25) is 5.91 Å². The van der Waals surface area contributed by atoms with Crippen molar-refractivity contribution in [2.75, 3.05) is 5.32 Å². The van der Waals surface area contributed by atoms with E-state index in [9.17, 15) is 13.6 Å². The molecule has 0 spiro atoms. The molecule has 1 aromatic carbocycles. The minimum atomic E-state index is -0.892. The Labute approximate surface area is 120 Å². The zero-order valence-corrected chi connectivity index (χ0v) is 11.9. The van der Waals surface area contributed by atoms with Crippen LogP contribution in [0.1, 0.15) is 10.9 Å². The van der Waals surface area contributed by atoms with Crippen molar-refractivity contribution in [1.29, 1.82) is 0 Å². The van der Waals surface area contributed by atoms with Crippen molar-refractivity contribution >= 4 is 38.9 Å². The molecule has 1 amide bonds. The van der Waals surface area contributed by atoms with Crippen molar-refractivity contribution in [1.82, 2.24) is 0 Å². The van der Waals surface area contributed by atoms with E-state index in [0.717, 1.165) is 6.07 Å². The molecule has 2 aromatic rings. The maximum Gasteiger partial charge on any atom is 0.246 e. The summed E-state index contributed by atoms with van der Waals surface area (Å²) in [6, 6.07) is 4.34. The van der Waals surface area contributed by atoms with E-state index in [2.05, 4.69) is 21.2 Å². The van der Waals surface area contributed by atoms with Gasteiger partial charge in [0.15, 0.2) is 5.82 Å². The molecule has 1 unspecified atom stereocenters. The fraction of sp³-hybridized carbons (Fsp3) is 0.0833. The van der Waals surface area contributed by atoms with Crippen LogP contribution >= 0.6 is 27.3 Å². The van der Waals surface area contributed by atoms with Crippen LogP contribution in [-0.4, -0.2) is 5.91 Å². The van der Waals surface area contributed by atoms with E-state index in [1.165, 1.54) is 11.3 Å². The lowest BCUT2D eigenvalue weighted by molar-refractivity contribution is -0.117. The summed E-state index contributed by atoms with van der Waals surface area (Å²) in [6.45, 7) is 0. The van der Waals surface area contributed by atoms with Crippen LogP contribution in [0.15, 0.2) is 34.1 Å². The number of halogens is 3. The SMILES string of the molecule is NC(C(=O)Nc1c(F)cc(F)cc1Br)c1cccs1. The highest BCUT2D eigenvalue weighted by molar-refractivity contribution is 9.10. The Kier molecular flexibility index (Phi) is 4.28. The Bertz CT molecular complexity index is 581. The molecule has 2 rings (SSSR count). The second-order valence-corrected chi connectivity index (χ2v) is 5.56. The van der Waals surface area contributed by atoms with Gasteiger partial charge in [0.25, 0.3) is 0 Å². The predicted octanol–water partition coefficient (Wildman–Crippen LogP) is 3.43. The van der Waals surface area contributed by atoms with Crippen molar-refractivity contribution in [3.8, 4) is 0 Å². The van der Waals surface area contributed by atoms with Crippen LogP contribution in [0.4, 0.5) is 14.5 Å². The number of amides is 1. The highest BCUT2D eigenvalue weighted by Gasteiger charge is 2.20. The van der Waals surface area contributed by atoms with Crippen LogP contribution < -0.4 is 11.1 Å². The van der Waals surface area contributed by atoms with E-state index in [-0.39, 0.29) is 10.2 Å². The van der Waals surface area contributed by atoms with Crippen LogP contribution in [0, 0.1) is 11.6 Å². The van der Waals surface area contributed by atoms with Crippen LogP contribution in [0.2, 0.25) is 0 Å². The minimum absolute atomic E-state index is 0.122. The van der Waals surface area contributed by atoms with Crippen molar-refractivity contribution in [3.05, 3.63) is 50.6 Å². The summed E-state index contributed by atoms with van der Waals surface area (Å²) in [4.78, 5) is 12.6. The van der Waals surface area contributed by atoms with Gasteiger partial charge in [0, 0.05) is 15.4 Å². The molecule has 3 nitrogen and oxygen atoms in total. The van der Waals surface area contributed by atoms with E-state index in [0.29, 0.717) is 10.9 Å². The van der Waals surface area contributed by atoms with E-state index < -0.39 is 23.6 Å². The standard InChI is InChI=1S/C12H9BrF2N2OS/c13-7-4-6(14)5-8(15)11(7)17-12(18)10(16)9-2-1-3-19-9/h1-5,10H,16H2,(H,17,18). The van der Waals surface area contributed by atoms with E-state index >= 15 is 0 Å². The van der Waals surface area contributed by atoms with Crippen molar-refractivity contribution in [2.45, 2.75) is 6.04 Å². The maximum atomic E-state index is 13.6. The Balaban J connectivity index is 2.20.